The predicted octanol–water partition coefficient (Wildman–Crippen LogP) is 1.34. The molecule has 0 aliphatic carbocycles. The Bertz CT molecular complexity index is 1200. The van der Waals surface area contributed by atoms with E-state index in [0.29, 0.717) is 29.7 Å². The van der Waals surface area contributed by atoms with Crippen LogP contribution in [0.3, 0.4) is 0 Å². The van der Waals surface area contributed by atoms with Gasteiger partial charge in [-0.3, -0.25) is 14.4 Å². The predicted molar refractivity (Wildman–Crippen MR) is 138 cm³/mol. The number of carbonyl (C=O) groups excluding carboxylic acids is 3. The van der Waals surface area contributed by atoms with Crippen LogP contribution in [0.25, 0.3) is 0 Å². The minimum absolute atomic E-state index is 0.236. The van der Waals surface area contributed by atoms with Gasteiger partial charge in [0.15, 0.2) is 11.8 Å². The number of nitrogens with two attached hydrogens (primary N) is 1. The molecule has 10 heteroatoms. The van der Waals surface area contributed by atoms with Gasteiger partial charge in [-0.15, -0.1) is 0 Å². The van der Waals surface area contributed by atoms with E-state index in [4.69, 9.17) is 20.4 Å². The van der Waals surface area contributed by atoms with E-state index in [2.05, 4.69) is 11.8 Å². The van der Waals surface area contributed by atoms with E-state index >= 15 is 0 Å². The van der Waals surface area contributed by atoms with E-state index in [1.165, 1.54) is 21.0 Å². The lowest BCUT2D eigenvalue weighted by atomic mass is 9.96. The molecule has 0 saturated carbocycles. The van der Waals surface area contributed by atoms with Gasteiger partial charge < -0.3 is 25.6 Å². The van der Waals surface area contributed by atoms with Gasteiger partial charge in [0.2, 0.25) is 0 Å². The first-order valence-corrected chi connectivity index (χ1v) is 12.2. The van der Waals surface area contributed by atoms with E-state index < -0.39 is 35.7 Å². The smallest absolute Gasteiger partial charge is 0.281 e. The van der Waals surface area contributed by atoms with Crippen LogP contribution in [-0.2, 0) is 19.2 Å². The molecule has 3 atom stereocenters. The second kappa shape index (κ2) is 12.7. The Kier molecular flexibility index (Phi) is 9.61. The van der Waals surface area contributed by atoms with Crippen molar-refractivity contribution in [3.8, 4) is 11.8 Å². The fourth-order valence-electron chi connectivity index (χ4n) is 3.87. The van der Waals surface area contributed by atoms with E-state index in [1.54, 1.807) is 48.5 Å². The summed E-state index contributed by atoms with van der Waals surface area (Å²) in [5.41, 5.74) is 5.77. The molecule has 0 aromatic heterocycles. The lowest BCUT2D eigenvalue weighted by Gasteiger charge is -2.38. The van der Waals surface area contributed by atoms with Gasteiger partial charge in [-0.25, -0.2) is 9.90 Å². The monoisotopic (exact) mass is 523 g/mol. The molecular formula is C28H33N3O7. The molecule has 2 aromatic carbocycles. The van der Waals surface area contributed by atoms with Gasteiger partial charge in [-0.2, -0.15) is 0 Å². The van der Waals surface area contributed by atoms with Gasteiger partial charge in [0.05, 0.1) is 6.61 Å². The normalized spacial score (nSPS) is 17.3. The summed E-state index contributed by atoms with van der Waals surface area (Å²) in [4.78, 5) is 45.4. The largest absolute Gasteiger partial charge is 0.393 e. The van der Waals surface area contributed by atoms with Crippen LogP contribution in [0, 0.1) is 11.8 Å². The Morgan fingerprint density at radius 2 is 1.66 bits per heavy atom. The van der Waals surface area contributed by atoms with Crippen LogP contribution in [0.1, 0.15) is 59.3 Å². The lowest BCUT2D eigenvalue weighted by Crippen LogP contribution is -2.64. The van der Waals surface area contributed by atoms with Crippen LogP contribution in [0.15, 0.2) is 48.5 Å². The van der Waals surface area contributed by atoms with Crippen molar-refractivity contribution in [3.05, 3.63) is 70.8 Å². The fraction of sp³-hybridized carbons (Fsp3) is 0.393. The maximum atomic E-state index is 13.2. The maximum absolute atomic E-state index is 13.2. The molecule has 0 bridgehead atoms. The van der Waals surface area contributed by atoms with Gasteiger partial charge in [0.25, 0.3) is 17.7 Å². The van der Waals surface area contributed by atoms with Crippen LogP contribution in [0.5, 0.6) is 0 Å². The lowest BCUT2D eigenvalue weighted by molar-refractivity contribution is -0.274. The molecule has 1 fully saturated rings. The fourth-order valence-corrected chi connectivity index (χ4v) is 3.87. The summed E-state index contributed by atoms with van der Waals surface area (Å²) < 4.78 is 5.48. The van der Waals surface area contributed by atoms with Crippen molar-refractivity contribution in [1.82, 2.24) is 9.96 Å². The van der Waals surface area contributed by atoms with E-state index in [9.17, 15) is 19.5 Å². The highest BCUT2D eigenvalue weighted by atomic mass is 16.8. The summed E-state index contributed by atoms with van der Waals surface area (Å²) in [7, 11) is 2.69. The number of primary amides is 1. The third-order valence-corrected chi connectivity index (χ3v) is 6.52. The van der Waals surface area contributed by atoms with E-state index in [0.717, 1.165) is 22.8 Å². The molecule has 1 aliphatic heterocycles. The Hall–Kier alpha value is -3.75. The minimum Gasteiger partial charge on any atom is -0.393 e. The molecule has 1 saturated heterocycles. The molecule has 10 nitrogen and oxygen atoms in total. The molecule has 3 rings (SSSR count). The SMILES string of the molecule is CN(OC1CCCCO1)C(=O)C(C)(C(N)=O)N(C)C(=O)c1ccc(C#Cc2ccc([C@@H](O)CO)cc2)cc1. The summed E-state index contributed by atoms with van der Waals surface area (Å²) >= 11 is 0. The highest BCUT2D eigenvalue weighted by molar-refractivity contribution is 6.12. The zero-order valence-corrected chi connectivity index (χ0v) is 21.7. The van der Waals surface area contributed by atoms with Gasteiger partial charge >= 0.3 is 0 Å². The molecule has 2 aromatic rings. The van der Waals surface area contributed by atoms with E-state index in [1.807, 2.05) is 0 Å². The Labute approximate surface area is 221 Å². The van der Waals surface area contributed by atoms with Crippen molar-refractivity contribution in [2.45, 2.75) is 44.1 Å². The Balaban J connectivity index is 1.71. The summed E-state index contributed by atoms with van der Waals surface area (Å²) in [5.74, 6) is 3.60. The van der Waals surface area contributed by atoms with Crippen molar-refractivity contribution in [2.24, 2.45) is 5.73 Å². The molecule has 2 unspecified atom stereocenters. The molecule has 0 radical (unpaired) electrons. The van der Waals surface area contributed by atoms with E-state index in [-0.39, 0.29) is 12.2 Å². The first kappa shape index (κ1) is 28.8. The third kappa shape index (κ3) is 6.57. The van der Waals surface area contributed by atoms with Crippen molar-refractivity contribution < 1.29 is 34.2 Å². The number of amides is 3. The van der Waals surface area contributed by atoms with Crippen molar-refractivity contribution in [1.29, 1.82) is 0 Å². The number of ether oxygens (including phenoxy) is 1. The summed E-state index contributed by atoms with van der Waals surface area (Å²) in [6.07, 6.45) is 0.842. The molecule has 1 heterocycles. The van der Waals surface area contributed by atoms with Gasteiger partial charge in [0, 0.05) is 43.8 Å². The third-order valence-electron chi connectivity index (χ3n) is 6.52. The quantitative estimate of drug-likeness (QED) is 0.269. The number of carbonyl (C=O) groups is 3. The van der Waals surface area contributed by atoms with Crippen LogP contribution >= 0.6 is 0 Å². The van der Waals surface area contributed by atoms with Gasteiger partial charge in [-0.1, -0.05) is 24.0 Å². The van der Waals surface area contributed by atoms with Gasteiger partial charge in [0.1, 0.15) is 6.10 Å². The maximum Gasteiger partial charge on any atom is 0.281 e. The number of aliphatic hydroxyl groups excluding tert-OH is 2. The summed E-state index contributed by atoms with van der Waals surface area (Å²) in [5, 5.41) is 19.6. The molecule has 1 aliphatic rings. The topological polar surface area (TPSA) is 143 Å². The zero-order valence-electron chi connectivity index (χ0n) is 21.7. The van der Waals surface area contributed by atoms with Crippen LogP contribution in [-0.4, -0.2) is 77.0 Å². The number of hydrogen-bond donors (Lipinski definition) is 3. The zero-order chi connectivity index (χ0) is 27.9. The average molecular weight is 524 g/mol. The Morgan fingerprint density at radius 3 is 2.16 bits per heavy atom. The molecule has 3 amide bonds. The molecular weight excluding hydrogens is 490 g/mol. The van der Waals surface area contributed by atoms with Crippen molar-refractivity contribution in [2.75, 3.05) is 27.3 Å². The Morgan fingerprint density at radius 1 is 1.08 bits per heavy atom. The second-order valence-corrected chi connectivity index (χ2v) is 9.15. The number of hydrogen-bond acceptors (Lipinski definition) is 7. The number of benzene rings is 2. The molecule has 4 N–H and O–H groups in total. The van der Waals surface area contributed by atoms with Crippen LogP contribution < -0.4 is 5.73 Å². The first-order chi connectivity index (χ1) is 18.1. The standard InChI is InChI=1S/C28H33N3O7/c1-28(26(29)35,27(36)31(3)38-24-6-4-5-17-37-24)30(2)25(34)22-15-11-20(12-16-22)8-7-19-9-13-21(14-10-19)23(33)18-32/h9-16,23-24,32-33H,4-6,17-18H2,1-3H3,(H2,29,35)/t23-,24?,28?/m0/s1. The highest BCUT2D eigenvalue weighted by Gasteiger charge is 2.48. The number of aliphatic hydroxyl groups is 2. The number of rotatable bonds is 8. The average Bonchev–Trinajstić information content (AvgIpc) is 2.94. The number of likely N-dealkylation sites (N-methyl/N-ethyl adjacent to an activating group) is 2. The van der Waals surface area contributed by atoms with Crippen LogP contribution in [0.2, 0.25) is 0 Å². The van der Waals surface area contributed by atoms with Gasteiger partial charge in [-0.05, 0) is 61.7 Å². The first-order valence-electron chi connectivity index (χ1n) is 12.2. The van der Waals surface area contributed by atoms with Crippen molar-refractivity contribution >= 4 is 17.7 Å². The number of hydroxylamine groups is 2. The minimum atomic E-state index is -2.01. The number of nitrogens with zero attached hydrogens (tertiary/aromatic N) is 2. The van der Waals surface area contributed by atoms with Crippen LogP contribution in [0.4, 0.5) is 0 Å². The second-order valence-electron chi connectivity index (χ2n) is 9.15. The molecule has 38 heavy (non-hydrogen) atoms. The molecule has 0 spiro atoms. The summed E-state index contributed by atoms with van der Waals surface area (Å²) in [6, 6.07) is 13.2. The summed E-state index contributed by atoms with van der Waals surface area (Å²) in [6.45, 7) is 1.43. The van der Waals surface area contributed by atoms with Crippen molar-refractivity contribution in [3.63, 3.8) is 0 Å². The highest BCUT2D eigenvalue weighted by Crippen LogP contribution is 2.22. The molecule has 202 valence electrons.